The number of hydrogen-bond donors (Lipinski definition) is 2. The smallest absolute Gasteiger partial charge is 0.387 e. The number of rotatable bonds is 8. The topological polar surface area (TPSA) is 59.6 Å². The zero-order valence-corrected chi connectivity index (χ0v) is 13.8. The molecule has 0 spiro atoms. The summed E-state index contributed by atoms with van der Waals surface area (Å²) in [5, 5.41) is 5.50. The minimum Gasteiger partial charge on any atom is -0.497 e. The SMILES string of the molecule is COc1cccc(CNC(=O)NCCc2ccc(OC(F)F)cc2)c1. The minimum atomic E-state index is -2.83. The Bertz CT molecular complexity index is 678. The Hall–Kier alpha value is -2.83. The number of amides is 2. The van der Waals surface area contributed by atoms with E-state index in [1.165, 1.54) is 12.1 Å². The Morgan fingerprint density at radius 1 is 1.04 bits per heavy atom. The van der Waals surface area contributed by atoms with Gasteiger partial charge in [0.1, 0.15) is 11.5 Å². The van der Waals surface area contributed by atoms with Crippen LogP contribution in [0.15, 0.2) is 48.5 Å². The van der Waals surface area contributed by atoms with E-state index in [0.29, 0.717) is 19.5 Å². The third-order valence-corrected chi connectivity index (χ3v) is 3.43. The van der Waals surface area contributed by atoms with Crippen LogP contribution < -0.4 is 20.1 Å². The van der Waals surface area contributed by atoms with Gasteiger partial charge in [0.25, 0.3) is 0 Å². The van der Waals surface area contributed by atoms with Crippen LogP contribution in [0.4, 0.5) is 13.6 Å². The number of ether oxygens (including phenoxy) is 2. The number of halogens is 2. The normalized spacial score (nSPS) is 10.4. The predicted octanol–water partition coefficient (Wildman–Crippen LogP) is 3.34. The molecule has 2 N–H and O–H groups in total. The number of urea groups is 1. The molecule has 0 aliphatic heterocycles. The molecule has 25 heavy (non-hydrogen) atoms. The molecule has 2 rings (SSSR count). The number of alkyl halides is 2. The quantitative estimate of drug-likeness (QED) is 0.768. The van der Waals surface area contributed by atoms with Crippen molar-refractivity contribution in [2.75, 3.05) is 13.7 Å². The van der Waals surface area contributed by atoms with Crippen LogP contribution in [-0.2, 0) is 13.0 Å². The number of nitrogens with one attached hydrogen (secondary N) is 2. The molecule has 0 aliphatic rings. The van der Waals surface area contributed by atoms with E-state index in [4.69, 9.17) is 4.74 Å². The van der Waals surface area contributed by atoms with Gasteiger partial charge in [-0.25, -0.2) is 4.79 Å². The number of carbonyl (C=O) groups is 1. The zero-order valence-electron chi connectivity index (χ0n) is 13.8. The van der Waals surface area contributed by atoms with Crippen molar-refractivity contribution in [3.8, 4) is 11.5 Å². The van der Waals surface area contributed by atoms with Crippen LogP contribution in [-0.4, -0.2) is 26.3 Å². The largest absolute Gasteiger partial charge is 0.497 e. The maximum Gasteiger partial charge on any atom is 0.387 e. The number of hydrogen-bond acceptors (Lipinski definition) is 3. The summed E-state index contributed by atoms with van der Waals surface area (Å²) in [6.07, 6.45) is 0.585. The van der Waals surface area contributed by atoms with Crippen LogP contribution in [0.2, 0.25) is 0 Å². The van der Waals surface area contributed by atoms with Crippen LogP contribution >= 0.6 is 0 Å². The van der Waals surface area contributed by atoms with E-state index in [-0.39, 0.29) is 11.8 Å². The van der Waals surface area contributed by atoms with E-state index in [2.05, 4.69) is 15.4 Å². The van der Waals surface area contributed by atoms with Crippen LogP contribution in [0.5, 0.6) is 11.5 Å². The molecule has 0 aliphatic carbocycles. The molecule has 0 saturated carbocycles. The Kier molecular flexibility index (Phi) is 7.00. The third kappa shape index (κ3) is 6.66. The molecule has 0 bridgehead atoms. The molecule has 0 atom stereocenters. The van der Waals surface area contributed by atoms with Crippen molar-refractivity contribution in [3.05, 3.63) is 59.7 Å². The van der Waals surface area contributed by atoms with E-state index in [9.17, 15) is 13.6 Å². The molecule has 0 aromatic heterocycles. The monoisotopic (exact) mass is 350 g/mol. The molecule has 7 heteroatoms. The summed E-state index contributed by atoms with van der Waals surface area (Å²) in [5.41, 5.74) is 1.85. The molecule has 5 nitrogen and oxygen atoms in total. The molecule has 2 amide bonds. The average molecular weight is 350 g/mol. The van der Waals surface area contributed by atoms with Crippen molar-refractivity contribution >= 4 is 6.03 Å². The fourth-order valence-electron chi connectivity index (χ4n) is 2.19. The minimum absolute atomic E-state index is 0.114. The van der Waals surface area contributed by atoms with Gasteiger partial charge < -0.3 is 20.1 Å². The van der Waals surface area contributed by atoms with Crippen LogP contribution in [0, 0.1) is 0 Å². The summed E-state index contributed by atoms with van der Waals surface area (Å²) in [5.74, 6) is 0.849. The van der Waals surface area contributed by atoms with Gasteiger partial charge in [0.05, 0.1) is 7.11 Å². The van der Waals surface area contributed by atoms with Gasteiger partial charge in [0, 0.05) is 13.1 Å². The fraction of sp³-hybridized carbons (Fsp3) is 0.278. The number of benzene rings is 2. The van der Waals surface area contributed by atoms with Gasteiger partial charge >= 0.3 is 12.6 Å². The highest BCUT2D eigenvalue weighted by molar-refractivity contribution is 5.73. The Labute approximate surface area is 144 Å². The second kappa shape index (κ2) is 9.46. The van der Waals surface area contributed by atoms with Crippen molar-refractivity contribution in [3.63, 3.8) is 0 Å². The van der Waals surface area contributed by atoms with E-state index in [1.807, 2.05) is 24.3 Å². The van der Waals surface area contributed by atoms with E-state index < -0.39 is 6.61 Å². The molecule has 0 radical (unpaired) electrons. The van der Waals surface area contributed by atoms with Gasteiger partial charge in [0.2, 0.25) is 0 Å². The standard InChI is InChI=1S/C18H20F2N2O3/c1-24-16-4-2-3-14(11-16)12-22-18(23)21-10-9-13-5-7-15(8-6-13)25-17(19)20/h2-8,11,17H,9-10,12H2,1H3,(H2,21,22,23). The van der Waals surface area contributed by atoms with Gasteiger partial charge in [0.15, 0.2) is 0 Å². The molecule has 2 aromatic carbocycles. The first-order chi connectivity index (χ1) is 12.1. The lowest BCUT2D eigenvalue weighted by atomic mass is 10.1. The van der Waals surface area contributed by atoms with Gasteiger partial charge in [-0.15, -0.1) is 0 Å². The highest BCUT2D eigenvalue weighted by Crippen LogP contribution is 2.15. The second-order valence-electron chi connectivity index (χ2n) is 5.23. The van der Waals surface area contributed by atoms with E-state index >= 15 is 0 Å². The van der Waals surface area contributed by atoms with E-state index in [1.54, 1.807) is 19.2 Å². The molecule has 0 saturated heterocycles. The maximum atomic E-state index is 12.1. The highest BCUT2D eigenvalue weighted by atomic mass is 19.3. The van der Waals surface area contributed by atoms with Crippen molar-refractivity contribution in [1.29, 1.82) is 0 Å². The van der Waals surface area contributed by atoms with Gasteiger partial charge in [-0.2, -0.15) is 8.78 Å². The second-order valence-corrected chi connectivity index (χ2v) is 5.23. The molecule has 0 unspecified atom stereocenters. The summed E-state index contributed by atoms with van der Waals surface area (Å²) < 4.78 is 33.5. The first-order valence-corrected chi connectivity index (χ1v) is 7.75. The number of carbonyl (C=O) groups excluding carboxylic acids is 1. The van der Waals surface area contributed by atoms with E-state index in [0.717, 1.165) is 16.9 Å². The average Bonchev–Trinajstić information content (AvgIpc) is 2.61. The summed E-state index contributed by atoms with van der Waals surface area (Å²) >= 11 is 0. The van der Waals surface area contributed by atoms with Crippen molar-refractivity contribution in [2.45, 2.75) is 19.6 Å². The zero-order chi connectivity index (χ0) is 18.1. The van der Waals surface area contributed by atoms with Crippen LogP contribution in [0.25, 0.3) is 0 Å². The summed E-state index contributed by atoms with van der Waals surface area (Å²) in [6, 6.07) is 13.5. The molecular formula is C18H20F2N2O3. The Balaban J connectivity index is 1.69. The predicted molar refractivity (Wildman–Crippen MR) is 90.0 cm³/mol. The third-order valence-electron chi connectivity index (χ3n) is 3.43. The molecular weight excluding hydrogens is 330 g/mol. The van der Waals surface area contributed by atoms with Gasteiger partial charge in [-0.05, 0) is 41.8 Å². The molecule has 134 valence electrons. The summed E-state index contributed by atoms with van der Waals surface area (Å²) in [6.45, 7) is -2.01. The Morgan fingerprint density at radius 3 is 2.48 bits per heavy atom. The van der Waals surface area contributed by atoms with Crippen molar-refractivity contribution in [1.82, 2.24) is 10.6 Å². The Morgan fingerprint density at radius 2 is 1.80 bits per heavy atom. The summed E-state index contributed by atoms with van der Waals surface area (Å²) in [4.78, 5) is 11.8. The lowest BCUT2D eigenvalue weighted by Crippen LogP contribution is -2.36. The van der Waals surface area contributed by atoms with Crippen LogP contribution in [0.1, 0.15) is 11.1 Å². The summed E-state index contributed by atoms with van der Waals surface area (Å²) in [7, 11) is 1.59. The van der Waals surface area contributed by atoms with Gasteiger partial charge in [-0.3, -0.25) is 0 Å². The fourth-order valence-corrected chi connectivity index (χ4v) is 2.19. The molecule has 2 aromatic rings. The maximum absolute atomic E-state index is 12.1. The molecule has 0 heterocycles. The van der Waals surface area contributed by atoms with Gasteiger partial charge in [-0.1, -0.05) is 24.3 Å². The first-order valence-electron chi connectivity index (χ1n) is 7.75. The number of methoxy groups -OCH3 is 1. The first kappa shape index (κ1) is 18.5. The van der Waals surface area contributed by atoms with Crippen LogP contribution in [0.3, 0.4) is 0 Å². The lowest BCUT2D eigenvalue weighted by molar-refractivity contribution is -0.0498. The van der Waals surface area contributed by atoms with Crippen molar-refractivity contribution < 1.29 is 23.0 Å². The molecule has 0 fully saturated rings. The van der Waals surface area contributed by atoms with Crippen molar-refractivity contribution in [2.24, 2.45) is 0 Å². The highest BCUT2D eigenvalue weighted by Gasteiger charge is 2.04. The lowest BCUT2D eigenvalue weighted by Gasteiger charge is -2.09.